The maximum Gasteiger partial charge on any atom is 0.327 e. The summed E-state index contributed by atoms with van der Waals surface area (Å²) >= 11 is 2.24. The first-order valence-electron chi connectivity index (χ1n) is 16.4. The summed E-state index contributed by atoms with van der Waals surface area (Å²) in [7, 11) is 3.32. The Morgan fingerprint density at radius 2 is 1.52 bits per heavy atom. The van der Waals surface area contributed by atoms with E-state index >= 15 is 0 Å². The smallest absolute Gasteiger partial charge is 0.327 e. The van der Waals surface area contributed by atoms with E-state index in [4.69, 9.17) is 34.1 Å². The van der Waals surface area contributed by atoms with E-state index in [1.165, 1.54) is 0 Å². The van der Waals surface area contributed by atoms with Gasteiger partial charge in [0.15, 0.2) is 0 Å². The summed E-state index contributed by atoms with van der Waals surface area (Å²) in [6, 6.07) is 23.5. The highest BCUT2D eigenvalue weighted by Gasteiger charge is 2.32. The van der Waals surface area contributed by atoms with Crippen molar-refractivity contribution < 1.29 is 19.0 Å². The Kier molecular flexibility index (Phi) is 10.2. The third kappa shape index (κ3) is 7.58. The van der Waals surface area contributed by atoms with Crippen LogP contribution in [0.5, 0.6) is 11.5 Å². The molecule has 1 fully saturated rings. The minimum Gasteiger partial charge on any atom is -0.497 e. The second kappa shape index (κ2) is 15.3. The van der Waals surface area contributed by atoms with Gasteiger partial charge in [0, 0.05) is 65.5 Å². The topological polar surface area (TPSA) is 118 Å². The van der Waals surface area contributed by atoms with Crippen LogP contribution < -0.4 is 29.5 Å². The van der Waals surface area contributed by atoms with E-state index < -0.39 is 0 Å². The van der Waals surface area contributed by atoms with Crippen LogP contribution in [0.3, 0.4) is 0 Å². The molecule has 0 atom stereocenters. The van der Waals surface area contributed by atoms with Crippen molar-refractivity contribution in [3.05, 3.63) is 105 Å². The first-order valence-corrected chi connectivity index (χ1v) is 17.5. The number of nitrogens with one attached hydrogen (secondary N) is 1. The highest BCUT2D eigenvalue weighted by Crippen LogP contribution is 2.36. The Balaban J connectivity index is 1.21. The van der Waals surface area contributed by atoms with E-state index in [9.17, 15) is 4.79 Å². The van der Waals surface area contributed by atoms with Crippen molar-refractivity contribution in [3.63, 3.8) is 0 Å². The van der Waals surface area contributed by atoms with Crippen molar-refractivity contribution in [1.82, 2.24) is 19.9 Å². The maximum atomic E-state index is 13.6. The fourth-order valence-electron chi connectivity index (χ4n) is 6.05. The van der Waals surface area contributed by atoms with Gasteiger partial charge in [0.05, 0.1) is 33.1 Å². The van der Waals surface area contributed by atoms with Crippen molar-refractivity contribution in [1.29, 1.82) is 0 Å². The number of ether oxygens (including phenoxy) is 3. The zero-order valence-electron chi connectivity index (χ0n) is 27.9. The molecule has 5 aromatic rings. The number of fused-ring (bicyclic) bond motifs is 1. The lowest BCUT2D eigenvalue weighted by Crippen LogP contribution is -2.38. The number of morpholine rings is 1. The predicted octanol–water partition coefficient (Wildman–Crippen LogP) is 6.19. The second-order valence-electron chi connectivity index (χ2n) is 11.9. The van der Waals surface area contributed by atoms with Crippen LogP contribution in [0, 0.1) is 3.57 Å². The molecule has 13 heteroatoms. The molecule has 0 spiro atoms. The quantitative estimate of drug-likeness (QED) is 0.164. The number of carbonyl (C=O) groups excluding carboxylic acids is 1. The van der Waals surface area contributed by atoms with E-state index in [0.717, 1.165) is 48.7 Å². The van der Waals surface area contributed by atoms with Gasteiger partial charge in [-0.3, -0.25) is 4.90 Å². The summed E-state index contributed by atoms with van der Waals surface area (Å²) in [5.41, 5.74) is 5.30. The summed E-state index contributed by atoms with van der Waals surface area (Å²) in [6.45, 7) is 4.15. The van der Waals surface area contributed by atoms with Crippen LogP contribution in [-0.2, 0) is 24.2 Å². The number of rotatable bonds is 10. The molecule has 50 heavy (non-hydrogen) atoms. The third-order valence-electron chi connectivity index (χ3n) is 8.69. The summed E-state index contributed by atoms with van der Waals surface area (Å²) in [4.78, 5) is 39.3. The van der Waals surface area contributed by atoms with Gasteiger partial charge in [-0.05, 0) is 82.6 Å². The minimum atomic E-state index is -0.234. The predicted molar refractivity (Wildman–Crippen MR) is 201 cm³/mol. The molecule has 2 aliphatic heterocycles. The zero-order chi connectivity index (χ0) is 34.5. The first-order chi connectivity index (χ1) is 24.5. The lowest BCUT2D eigenvalue weighted by Gasteiger charge is -2.28. The normalized spacial score (nSPS) is 13.9. The van der Waals surface area contributed by atoms with Crippen LogP contribution in [0.1, 0.15) is 16.7 Å². The standard InChI is InChI=1S/C37H37IN8O4/c1-48-30-10-6-25(7-11-30)23-45(24-26-8-12-31(49-2)13-9-26)35-39-21-27(22-40-35)33-32-14-15-46(37(47)41-29-5-3-4-28(38)20-29)34(32)43-36(42-33)44-16-18-50-19-17-44/h3-13,20-22H,14-19,23-24H2,1-2H3,(H,41,47). The van der Waals surface area contributed by atoms with Gasteiger partial charge < -0.3 is 29.3 Å². The molecular formula is C37H37IN8O4. The second-order valence-corrected chi connectivity index (χ2v) is 13.2. The average molecular weight is 785 g/mol. The number of amides is 2. The largest absolute Gasteiger partial charge is 0.497 e. The molecule has 12 nitrogen and oxygen atoms in total. The molecule has 2 aromatic heterocycles. The van der Waals surface area contributed by atoms with Crippen LogP contribution in [0.25, 0.3) is 11.3 Å². The molecule has 0 aliphatic carbocycles. The number of nitrogens with zero attached hydrogens (tertiary/aromatic N) is 7. The fraction of sp³-hybridized carbons (Fsp3) is 0.270. The van der Waals surface area contributed by atoms with Crippen molar-refractivity contribution in [3.8, 4) is 22.8 Å². The monoisotopic (exact) mass is 784 g/mol. The van der Waals surface area contributed by atoms with Gasteiger partial charge in [-0.2, -0.15) is 4.98 Å². The Labute approximate surface area is 304 Å². The minimum absolute atomic E-state index is 0.234. The molecule has 3 aromatic carbocycles. The molecule has 256 valence electrons. The Morgan fingerprint density at radius 1 is 0.880 bits per heavy atom. The van der Waals surface area contributed by atoms with Crippen LogP contribution in [0.2, 0.25) is 0 Å². The highest BCUT2D eigenvalue weighted by molar-refractivity contribution is 14.1. The molecule has 2 aliphatic rings. The number of carbonyl (C=O) groups is 1. The molecular weight excluding hydrogens is 747 g/mol. The van der Waals surface area contributed by atoms with Crippen molar-refractivity contribution >= 4 is 52.0 Å². The fourth-order valence-corrected chi connectivity index (χ4v) is 6.59. The lowest BCUT2D eigenvalue weighted by molar-refractivity contribution is 0.122. The number of methoxy groups -OCH3 is 2. The first kappa shape index (κ1) is 33.5. The van der Waals surface area contributed by atoms with Crippen molar-refractivity contribution in [2.75, 3.05) is 67.1 Å². The molecule has 2 amide bonds. The molecule has 4 heterocycles. The van der Waals surface area contributed by atoms with E-state index in [0.29, 0.717) is 70.1 Å². The van der Waals surface area contributed by atoms with Gasteiger partial charge in [-0.15, -0.1) is 0 Å². The third-order valence-corrected chi connectivity index (χ3v) is 9.36. The Hall–Kier alpha value is -5.02. The summed E-state index contributed by atoms with van der Waals surface area (Å²) < 4.78 is 17.4. The van der Waals surface area contributed by atoms with Gasteiger partial charge >= 0.3 is 6.03 Å². The number of hydrogen-bond donors (Lipinski definition) is 1. The number of aromatic nitrogens is 4. The molecule has 0 saturated carbocycles. The molecule has 0 unspecified atom stereocenters. The number of urea groups is 1. The SMILES string of the molecule is COc1ccc(CN(Cc2ccc(OC)cc2)c2ncc(-c3nc(N4CCOCC4)nc4c3CCN4C(=O)Nc3cccc(I)c3)cn2)cc1. The number of benzene rings is 3. The average Bonchev–Trinajstić information content (AvgIpc) is 3.60. The van der Waals surface area contributed by atoms with Crippen LogP contribution in [0.15, 0.2) is 85.2 Å². The van der Waals surface area contributed by atoms with Crippen LogP contribution in [0.4, 0.5) is 28.2 Å². The number of hydrogen-bond acceptors (Lipinski definition) is 10. The number of halogens is 1. The van der Waals surface area contributed by atoms with Gasteiger partial charge in [0.2, 0.25) is 11.9 Å². The van der Waals surface area contributed by atoms with Crippen LogP contribution in [-0.4, -0.2) is 73.0 Å². The highest BCUT2D eigenvalue weighted by atomic mass is 127. The maximum absolute atomic E-state index is 13.6. The van der Waals surface area contributed by atoms with E-state index in [-0.39, 0.29) is 6.03 Å². The zero-order valence-corrected chi connectivity index (χ0v) is 30.0. The lowest BCUT2D eigenvalue weighted by atomic mass is 10.1. The van der Waals surface area contributed by atoms with E-state index in [1.807, 2.05) is 85.2 Å². The molecule has 0 radical (unpaired) electrons. The van der Waals surface area contributed by atoms with E-state index in [1.54, 1.807) is 19.1 Å². The number of anilines is 4. The van der Waals surface area contributed by atoms with Gasteiger partial charge in [-0.25, -0.2) is 19.7 Å². The molecule has 1 N–H and O–H groups in total. The summed E-state index contributed by atoms with van der Waals surface area (Å²) in [5, 5.41) is 3.04. The summed E-state index contributed by atoms with van der Waals surface area (Å²) in [6.07, 6.45) is 4.24. The van der Waals surface area contributed by atoms with Crippen LogP contribution >= 0.6 is 22.6 Å². The van der Waals surface area contributed by atoms with Gasteiger partial charge in [0.1, 0.15) is 17.3 Å². The summed E-state index contributed by atoms with van der Waals surface area (Å²) in [5.74, 6) is 3.34. The van der Waals surface area contributed by atoms with Gasteiger partial charge in [-0.1, -0.05) is 30.3 Å². The van der Waals surface area contributed by atoms with Crippen molar-refractivity contribution in [2.24, 2.45) is 0 Å². The molecule has 7 rings (SSSR count). The van der Waals surface area contributed by atoms with E-state index in [2.05, 4.69) is 37.7 Å². The molecule has 0 bridgehead atoms. The Morgan fingerprint density at radius 3 is 2.12 bits per heavy atom. The van der Waals surface area contributed by atoms with Crippen molar-refractivity contribution in [2.45, 2.75) is 19.5 Å². The molecule has 1 saturated heterocycles. The van der Waals surface area contributed by atoms with Gasteiger partial charge in [0.25, 0.3) is 0 Å². The Bertz CT molecular complexity index is 1890.